The predicted octanol–water partition coefficient (Wildman–Crippen LogP) is 11.7. The molecule has 494 valence electrons. The van der Waals surface area contributed by atoms with Crippen LogP contribution in [-0.4, -0.2) is 99.1 Å². The van der Waals surface area contributed by atoms with Crippen LogP contribution in [0.25, 0.3) is 17.1 Å². The Morgan fingerprint density at radius 1 is 0.532 bits per heavy atom. The first-order chi connectivity index (χ1) is 44.4. The Kier molecular flexibility index (Phi) is 21.2. The van der Waals surface area contributed by atoms with Crippen LogP contribution in [0.5, 0.6) is 17.2 Å². The number of alkyl halides is 2. The first kappa shape index (κ1) is 69.3. The maximum Gasteiger partial charge on any atom is 0.417 e. The molecule has 2 saturated carbocycles. The first-order valence-electron chi connectivity index (χ1n) is 29.0. The smallest absolute Gasteiger partial charge is 0.417 e. The van der Waals surface area contributed by atoms with Crippen LogP contribution < -0.4 is 47.2 Å². The highest BCUT2D eigenvalue weighted by molar-refractivity contribution is 14.1. The highest BCUT2D eigenvalue weighted by Crippen LogP contribution is 2.36. The summed E-state index contributed by atoms with van der Waals surface area (Å²) >= 11 is 3.55. The molecule has 0 aliphatic heterocycles. The molecule has 0 unspecified atom stereocenters. The van der Waals surface area contributed by atoms with Crippen LogP contribution in [-0.2, 0) is 29.1 Å². The summed E-state index contributed by atoms with van der Waals surface area (Å²) in [6.45, 7) is 5.97. The lowest BCUT2D eigenvalue weighted by atomic mass is 10.1. The third-order valence-corrected chi connectivity index (χ3v) is 17.9. The highest BCUT2D eigenvalue weighted by atomic mass is 127. The summed E-state index contributed by atoms with van der Waals surface area (Å²) in [5.41, 5.74) is -3.98. The van der Waals surface area contributed by atoms with Crippen LogP contribution in [0.4, 0.5) is 40.2 Å². The average Bonchev–Trinajstić information content (AvgIpc) is 0.874. The molecule has 2 aliphatic rings. The lowest BCUT2D eigenvalue weighted by Gasteiger charge is -2.24. The molecule has 3 amide bonds. The van der Waals surface area contributed by atoms with E-state index in [-0.39, 0.29) is 88.4 Å². The van der Waals surface area contributed by atoms with Crippen molar-refractivity contribution in [1.82, 2.24) is 13.7 Å². The molecule has 4 N–H and O–H groups in total. The number of esters is 3. The van der Waals surface area contributed by atoms with E-state index in [2.05, 4.69) is 20.7 Å². The van der Waals surface area contributed by atoms with E-state index < -0.39 is 86.4 Å². The molecule has 2 aliphatic carbocycles. The Morgan fingerprint density at radius 2 is 0.915 bits per heavy atom. The Balaban J connectivity index is 0.987. The summed E-state index contributed by atoms with van der Waals surface area (Å²) in [7, 11) is -5.86. The molecule has 25 nitrogen and oxygen atoms in total. The fourth-order valence-corrected chi connectivity index (χ4v) is 12.6. The largest absolute Gasteiger partial charge is 0.488 e. The van der Waals surface area contributed by atoms with Gasteiger partial charge < -0.3 is 33.2 Å². The quantitative estimate of drug-likeness (QED) is 0.0181. The molecule has 0 radical (unpaired) electrons. The number of nitrogens with one attached hydrogen (secondary N) is 3. The molecule has 7 aromatic rings. The fourth-order valence-electron chi connectivity index (χ4n) is 10.3. The van der Waals surface area contributed by atoms with Crippen LogP contribution in [0, 0.1) is 27.9 Å². The molecule has 2 fully saturated rings. The Labute approximate surface area is 562 Å². The van der Waals surface area contributed by atoms with Crippen molar-refractivity contribution >= 4 is 109 Å². The average molecular weight is 1540 g/mol. The zero-order valence-corrected chi connectivity index (χ0v) is 55.9. The molecule has 0 atom stereocenters. The molecule has 0 spiro atoms. The van der Waals surface area contributed by atoms with E-state index in [1.165, 1.54) is 115 Å². The monoisotopic (exact) mass is 1540 g/mol. The maximum absolute atomic E-state index is 15.1. The summed E-state index contributed by atoms with van der Waals surface area (Å²) in [5, 5.41) is 3.05. The number of aryl methyl sites for hydroxylation is 3. The van der Waals surface area contributed by atoms with E-state index in [0.717, 1.165) is 25.7 Å². The van der Waals surface area contributed by atoms with Gasteiger partial charge in [-0.05, 0) is 233 Å². The van der Waals surface area contributed by atoms with Crippen molar-refractivity contribution in [1.29, 1.82) is 0 Å². The predicted molar refractivity (Wildman–Crippen MR) is 353 cm³/mol. The lowest BCUT2D eigenvalue weighted by Crippen LogP contribution is -2.52. The van der Waals surface area contributed by atoms with Gasteiger partial charge in [-0.3, -0.25) is 20.5 Å². The molecule has 1 aromatic heterocycles. The number of carbonyl (C=O) groups is 6. The SMILES string of the molecule is Cc1ccc(-n2c(=O)n(-c3ccc(C)c(NC(=O)Oc4cccc(C(=O)OC5(C)CCCC5)c4)c3)c(=O)n(-c3ccc(C)c(NC(=O)Oc4cccc(C(=O)OC5(C)CCCC5)c4)c3)c2=O)cc1NC(=O)OCCOc1c(I)cc(C(=O)OCC(F)(F)S(=O)(=O)O)cc1I. The van der Waals surface area contributed by atoms with Crippen LogP contribution in [0.1, 0.15) is 113 Å². The second kappa shape index (κ2) is 28.7. The van der Waals surface area contributed by atoms with Crippen molar-refractivity contribution in [2.45, 2.75) is 102 Å². The molecule has 0 saturated heterocycles. The van der Waals surface area contributed by atoms with Gasteiger partial charge in [0.05, 0.1) is 40.9 Å². The molecule has 6 aromatic carbocycles. The fraction of sp³-hybridized carbons (Fsp3) is 0.297. The standard InChI is InChI=1S/C64H60F2I2N6O19S/c1-36-16-19-42(32-49(36)69-56(78)88-27-26-87-52-47(67)30-41(31-48(52)68)53(75)89-35-64(65,66)94(84,85)86)72-59(81)73(43-20-17-37(2)50(33-43)70-57(79)90-45-14-10-12-39(28-45)54(76)92-62(4)22-6-7-23-62)61(83)74(60(72)82)44-21-18-38(3)51(34-44)71-58(80)91-46-15-11-13-40(29-46)55(77)93-63(5)24-8-9-25-63/h10-21,28-34H,6-9,22-27,35H2,1-5H3,(H,69,78)(H,70,79)(H,71,80)(H,84,85,86). The zero-order valence-electron chi connectivity index (χ0n) is 50.8. The summed E-state index contributed by atoms with van der Waals surface area (Å²) < 4.78 is 98.9. The second-order valence-electron chi connectivity index (χ2n) is 22.6. The van der Waals surface area contributed by atoms with Crippen molar-refractivity contribution in [3.63, 3.8) is 0 Å². The molecule has 0 bridgehead atoms. The van der Waals surface area contributed by atoms with Crippen molar-refractivity contribution in [3.8, 4) is 34.3 Å². The van der Waals surface area contributed by atoms with Crippen LogP contribution in [0.3, 0.4) is 0 Å². The number of aromatic nitrogens is 3. The Hall–Kier alpha value is -9.02. The van der Waals surface area contributed by atoms with E-state index in [1.807, 2.05) is 13.8 Å². The molecular weight excluding hydrogens is 1480 g/mol. The number of rotatable bonds is 20. The van der Waals surface area contributed by atoms with Crippen LogP contribution >= 0.6 is 45.2 Å². The minimum absolute atomic E-state index is 0.00536. The maximum atomic E-state index is 15.1. The van der Waals surface area contributed by atoms with Gasteiger partial charge >= 0.3 is 68.6 Å². The van der Waals surface area contributed by atoms with Crippen LogP contribution in [0.15, 0.2) is 130 Å². The number of hydrogen-bond donors (Lipinski definition) is 4. The van der Waals surface area contributed by atoms with E-state index in [4.69, 9.17) is 33.0 Å². The van der Waals surface area contributed by atoms with Gasteiger partial charge in [-0.1, -0.05) is 30.3 Å². The van der Waals surface area contributed by atoms with Gasteiger partial charge in [0.2, 0.25) is 0 Å². The lowest BCUT2D eigenvalue weighted by molar-refractivity contribution is -0.00957. The topological polar surface area (TPSA) is 323 Å². The molecule has 9 rings (SSSR count). The minimum Gasteiger partial charge on any atom is -0.488 e. The zero-order chi connectivity index (χ0) is 68.0. The second-order valence-corrected chi connectivity index (χ2v) is 26.5. The molecule has 1 heterocycles. The third-order valence-electron chi connectivity index (χ3n) is 15.4. The molecule has 94 heavy (non-hydrogen) atoms. The number of carbonyl (C=O) groups excluding carboxylic acids is 6. The highest BCUT2D eigenvalue weighted by Gasteiger charge is 2.46. The number of anilines is 3. The summed E-state index contributed by atoms with van der Waals surface area (Å²) in [5.74, 6) is -2.33. The van der Waals surface area contributed by atoms with Crippen molar-refractivity contribution in [2.75, 3.05) is 35.8 Å². The summed E-state index contributed by atoms with van der Waals surface area (Å²) in [6, 6.07) is 26.5. The van der Waals surface area contributed by atoms with E-state index >= 15 is 14.4 Å². The minimum atomic E-state index is -5.86. The van der Waals surface area contributed by atoms with E-state index in [9.17, 15) is 46.0 Å². The normalized spacial score (nSPS) is 14.1. The Morgan fingerprint density at radius 3 is 1.30 bits per heavy atom. The number of ether oxygens (including phenoxy) is 7. The van der Waals surface area contributed by atoms with E-state index in [1.54, 1.807) is 66.0 Å². The van der Waals surface area contributed by atoms with Crippen molar-refractivity contribution in [3.05, 3.63) is 187 Å². The number of benzene rings is 6. The van der Waals surface area contributed by atoms with Gasteiger partial charge in [0.25, 0.3) is 0 Å². The number of halogens is 4. The molecule has 30 heteroatoms. The van der Waals surface area contributed by atoms with Gasteiger partial charge in [0.1, 0.15) is 41.7 Å². The Bertz CT molecular complexity index is 4280. The number of hydrogen-bond acceptors (Lipinski definition) is 18. The van der Waals surface area contributed by atoms with Gasteiger partial charge in [-0.2, -0.15) is 17.2 Å². The van der Waals surface area contributed by atoms with Crippen LogP contribution in [0.2, 0.25) is 0 Å². The molecular formula is C64H60F2I2N6O19S. The first-order valence-corrected chi connectivity index (χ1v) is 32.6. The van der Waals surface area contributed by atoms with Crippen molar-refractivity contribution < 1.29 is 83.7 Å². The number of amides is 3. The van der Waals surface area contributed by atoms with Gasteiger partial charge in [-0.25, -0.2) is 56.9 Å². The van der Waals surface area contributed by atoms with Crippen molar-refractivity contribution in [2.24, 2.45) is 0 Å². The van der Waals surface area contributed by atoms with Gasteiger partial charge in [0, 0.05) is 17.1 Å². The third kappa shape index (κ3) is 16.5. The van der Waals surface area contributed by atoms with Gasteiger partial charge in [0.15, 0.2) is 6.61 Å². The summed E-state index contributed by atoms with van der Waals surface area (Å²) in [6.07, 6.45) is 3.46. The summed E-state index contributed by atoms with van der Waals surface area (Å²) in [4.78, 5) is 125. The van der Waals surface area contributed by atoms with Gasteiger partial charge in [-0.15, -0.1) is 0 Å². The van der Waals surface area contributed by atoms with E-state index in [0.29, 0.717) is 56.1 Å². The number of nitrogens with zero attached hydrogens (tertiary/aromatic N) is 3.